The third kappa shape index (κ3) is 3.78. The number of rotatable bonds is 5. The Hall–Kier alpha value is 0.270. The van der Waals surface area contributed by atoms with E-state index in [1.165, 1.54) is 0 Å². The fourth-order valence-corrected chi connectivity index (χ4v) is 4.79. The molecular weight excluding hydrogens is 186 g/mol. The molecule has 0 aliphatic heterocycles. The molecule has 0 aromatic carbocycles. The van der Waals surface area contributed by atoms with Gasteiger partial charge in [-0.05, 0) is 27.2 Å². The summed E-state index contributed by atoms with van der Waals surface area (Å²) < 4.78 is 11.8. The summed E-state index contributed by atoms with van der Waals surface area (Å²) in [6.07, 6.45) is 6.11. The van der Waals surface area contributed by atoms with E-state index in [1.54, 1.807) is 0 Å². The van der Waals surface area contributed by atoms with Gasteiger partial charge in [0.1, 0.15) is 13.7 Å². The zero-order valence-electron chi connectivity index (χ0n) is 8.63. The van der Waals surface area contributed by atoms with Gasteiger partial charge >= 0.3 is 7.80 Å². The highest BCUT2D eigenvalue weighted by Gasteiger charge is 2.40. The van der Waals surface area contributed by atoms with E-state index >= 15 is 0 Å². The Kier molecular flexibility index (Phi) is 5.21. The molecule has 0 N–H and O–H groups in total. The molecule has 0 aliphatic rings. The largest absolute Gasteiger partial charge is 0.391 e. The summed E-state index contributed by atoms with van der Waals surface area (Å²) in [6, 6.07) is 0. The van der Waals surface area contributed by atoms with Crippen molar-refractivity contribution in [3.05, 3.63) is 0 Å². The first kappa shape index (κ1) is 12.3. The van der Waals surface area contributed by atoms with Crippen molar-refractivity contribution in [2.75, 3.05) is 12.1 Å². The lowest BCUT2D eigenvalue weighted by Gasteiger charge is -2.07. The molecule has 3 heteroatoms. The molecule has 0 saturated carbocycles. The predicted octanol–water partition coefficient (Wildman–Crippen LogP) is 3.89. The van der Waals surface area contributed by atoms with E-state index in [1.807, 2.05) is 0 Å². The van der Waals surface area contributed by atoms with Crippen molar-refractivity contribution in [3.63, 3.8) is 0 Å². The lowest BCUT2D eigenvalue weighted by Crippen LogP contribution is -2.12. The van der Waals surface area contributed by atoms with Gasteiger partial charge in [-0.1, -0.05) is 11.5 Å². The van der Waals surface area contributed by atoms with Crippen LogP contribution in [-0.4, -0.2) is 23.5 Å². The molecule has 0 aromatic rings. The standard InChI is InChI=1S/C9H20OP2/c1-6-9(3,4)12(10)8-11(5)7-2/h5-8H2,1-4H3/q+2. The van der Waals surface area contributed by atoms with Crippen LogP contribution >= 0.6 is 15.3 Å². The molecule has 2 unspecified atom stereocenters. The smallest absolute Gasteiger partial charge is 0.0694 e. The summed E-state index contributed by atoms with van der Waals surface area (Å²) >= 11 is 0. The zero-order chi connectivity index (χ0) is 9.78. The molecular formula is C9H20OP2+2. The second-order valence-electron chi connectivity index (χ2n) is 3.67. The molecule has 0 saturated heterocycles. The Morgan fingerprint density at radius 1 is 1.33 bits per heavy atom. The lowest BCUT2D eigenvalue weighted by molar-refractivity contribution is 0.552. The summed E-state index contributed by atoms with van der Waals surface area (Å²) in [6.45, 7) is 8.40. The minimum atomic E-state index is -1.05. The minimum absolute atomic E-state index is 0.0166. The maximum atomic E-state index is 11.8. The van der Waals surface area contributed by atoms with Crippen molar-refractivity contribution in [2.45, 2.75) is 39.3 Å². The van der Waals surface area contributed by atoms with Crippen LogP contribution in [0.3, 0.4) is 0 Å². The second kappa shape index (κ2) is 5.10. The normalized spacial score (nSPS) is 14.3. The molecule has 0 heterocycles. The highest BCUT2D eigenvalue weighted by Crippen LogP contribution is 2.46. The van der Waals surface area contributed by atoms with Gasteiger partial charge in [-0.3, -0.25) is 0 Å². The van der Waals surface area contributed by atoms with E-state index in [9.17, 15) is 4.57 Å². The molecule has 1 nitrogen and oxygen atoms in total. The first-order chi connectivity index (χ1) is 5.44. The average molecular weight is 206 g/mol. The number of hydrogen-bond donors (Lipinski definition) is 0. The van der Waals surface area contributed by atoms with Gasteiger partial charge < -0.3 is 0 Å². The Morgan fingerprint density at radius 3 is 2.17 bits per heavy atom. The number of hydrogen-bond acceptors (Lipinski definition) is 1. The van der Waals surface area contributed by atoms with Crippen molar-refractivity contribution in [1.82, 2.24) is 0 Å². The first-order valence-electron chi connectivity index (χ1n) is 4.44. The third-order valence-electron chi connectivity index (χ3n) is 2.32. The topological polar surface area (TPSA) is 17.1 Å². The monoisotopic (exact) mass is 206 g/mol. The van der Waals surface area contributed by atoms with Crippen molar-refractivity contribution in [2.24, 2.45) is 0 Å². The van der Waals surface area contributed by atoms with E-state index in [4.69, 9.17) is 0 Å². The van der Waals surface area contributed by atoms with Crippen molar-refractivity contribution in [1.29, 1.82) is 0 Å². The minimum Gasteiger partial charge on any atom is -0.0694 e. The Balaban J connectivity index is 4.13. The van der Waals surface area contributed by atoms with Gasteiger partial charge in [-0.2, -0.15) is 0 Å². The molecule has 0 amide bonds. The molecule has 0 aromatic heterocycles. The Morgan fingerprint density at radius 2 is 1.83 bits per heavy atom. The summed E-state index contributed by atoms with van der Waals surface area (Å²) in [5.41, 5.74) is 0. The highest BCUT2D eigenvalue weighted by atomic mass is 31.2. The summed E-state index contributed by atoms with van der Waals surface area (Å²) in [4.78, 5) is 0. The molecule has 0 fully saturated rings. The summed E-state index contributed by atoms with van der Waals surface area (Å²) in [5, 5.41) is 0.0166. The molecule has 0 radical (unpaired) electrons. The van der Waals surface area contributed by atoms with Gasteiger partial charge in [-0.15, -0.1) is 0 Å². The Bertz CT molecular complexity index is 185. The van der Waals surface area contributed by atoms with Crippen LogP contribution in [0.2, 0.25) is 0 Å². The maximum absolute atomic E-state index is 11.8. The van der Waals surface area contributed by atoms with E-state index in [0.29, 0.717) is 0 Å². The van der Waals surface area contributed by atoms with Gasteiger partial charge in [0, 0.05) is 0 Å². The molecule has 70 valence electrons. The molecule has 0 spiro atoms. The fraction of sp³-hybridized carbons (Fsp3) is 0.889. The quantitative estimate of drug-likeness (QED) is 0.623. The SMILES string of the molecule is C=[P+](CC)C[P+](=O)C(C)(C)CC. The lowest BCUT2D eigenvalue weighted by atomic mass is 10.1. The van der Waals surface area contributed by atoms with E-state index in [-0.39, 0.29) is 12.7 Å². The Labute approximate surface area is 78.1 Å². The van der Waals surface area contributed by atoms with Gasteiger partial charge in [0.15, 0.2) is 5.16 Å². The molecule has 0 aliphatic carbocycles. The van der Waals surface area contributed by atoms with Gasteiger partial charge in [0.05, 0.1) is 6.30 Å². The van der Waals surface area contributed by atoms with Gasteiger partial charge in [-0.25, -0.2) is 0 Å². The second-order valence-corrected chi connectivity index (χ2v) is 8.75. The van der Waals surface area contributed by atoms with Crippen LogP contribution in [0.5, 0.6) is 0 Å². The first-order valence-corrected chi connectivity index (χ1v) is 7.78. The van der Waals surface area contributed by atoms with Crippen molar-refractivity contribution < 1.29 is 4.57 Å². The predicted molar refractivity (Wildman–Crippen MR) is 61.4 cm³/mol. The van der Waals surface area contributed by atoms with Crippen molar-refractivity contribution >= 4 is 21.6 Å². The van der Waals surface area contributed by atoms with E-state index in [0.717, 1.165) is 18.5 Å². The highest BCUT2D eigenvalue weighted by molar-refractivity contribution is 7.68. The van der Waals surface area contributed by atoms with Crippen LogP contribution in [0.1, 0.15) is 34.1 Å². The van der Waals surface area contributed by atoms with Crippen LogP contribution in [0, 0.1) is 0 Å². The van der Waals surface area contributed by atoms with Gasteiger partial charge in [0.25, 0.3) is 5.90 Å². The molecule has 0 rings (SSSR count). The van der Waals surface area contributed by atoms with Crippen LogP contribution in [0.25, 0.3) is 0 Å². The van der Waals surface area contributed by atoms with Crippen LogP contribution in [0.4, 0.5) is 0 Å². The van der Waals surface area contributed by atoms with Crippen molar-refractivity contribution in [3.8, 4) is 0 Å². The average Bonchev–Trinajstić information content (AvgIpc) is 2.04. The van der Waals surface area contributed by atoms with E-state index in [2.05, 4.69) is 34.0 Å². The fourth-order valence-electron chi connectivity index (χ4n) is 0.649. The van der Waals surface area contributed by atoms with Crippen LogP contribution in [0.15, 0.2) is 0 Å². The summed E-state index contributed by atoms with van der Waals surface area (Å²) in [5.74, 6) is 0.849. The maximum Gasteiger partial charge on any atom is 0.391 e. The van der Waals surface area contributed by atoms with Crippen LogP contribution < -0.4 is 0 Å². The molecule has 12 heavy (non-hydrogen) atoms. The zero-order valence-corrected chi connectivity index (χ0v) is 10.4. The van der Waals surface area contributed by atoms with Crippen LogP contribution in [-0.2, 0) is 4.57 Å². The summed E-state index contributed by atoms with van der Waals surface area (Å²) in [7, 11) is -1.27. The third-order valence-corrected chi connectivity index (χ3v) is 7.50. The molecule has 0 bridgehead atoms. The van der Waals surface area contributed by atoms with E-state index < -0.39 is 7.80 Å². The van der Waals surface area contributed by atoms with Gasteiger partial charge in [0.2, 0.25) is 0 Å². The molecule has 2 atom stereocenters.